The van der Waals surface area contributed by atoms with Crippen LogP contribution < -0.4 is 15.0 Å². The molecule has 0 saturated heterocycles. The van der Waals surface area contributed by atoms with E-state index in [1.54, 1.807) is 30.5 Å². The number of anilines is 2. The molecule has 1 unspecified atom stereocenters. The molecule has 0 bridgehead atoms. The number of aryl methyl sites for hydroxylation is 2. The van der Waals surface area contributed by atoms with Crippen LogP contribution in [0.15, 0.2) is 36.4 Å². The van der Waals surface area contributed by atoms with Gasteiger partial charge >= 0.3 is 0 Å². The third-order valence-electron chi connectivity index (χ3n) is 4.69. The Morgan fingerprint density at radius 3 is 2.78 bits per heavy atom. The van der Waals surface area contributed by atoms with E-state index in [1.165, 1.54) is 11.8 Å². The summed E-state index contributed by atoms with van der Waals surface area (Å²) in [6.07, 6.45) is 0. The van der Waals surface area contributed by atoms with Gasteiger partial charge in [-0.25, -0.2) is 4.98 Å². The van der Waals surface area contributed by atoms with Gasteiger partial charge in [-0.3, -0.25) is 9.59 Å². The summed E-state index contributed by atoms with van der Waals surface area (Å²) in [5.41, 5.74) is 1.52. The lowest BCUT2D eigenvalue weighted by molar-refractivity contribution is -0.144. The van der Waals surface area contributed by atoms with Crippen molar-refractivity contribution in [2.45, 2.75) is 26.4 Å². The SMILES string of the molecule is Cc1ccc2c(c1)N(C)C(=O)C(C)(C(=O)Nc1ccc3nc(C)sc3c1)O2. The topological polar surface area (TPSA) is 71.5 Å². The number of amides is 2. The molecule has 2 aromatic carbocycles. The Kier molecular flexibility index (Phi) is 3.92. The Labute approximate surface area is 160 Å². The molecule has 6 nitrogen and oxygen atoms in total. The van der Waals surface area contributed by atoms with Crippen molar-refractivity contribution in [1.82, 2.24) is 4.98 Å². The third-order valence-corrected chi connectivity index (χ3v) is 5.62. The molecule has 0 aliphatic carbocycles. The lowest BCUT2D eigenvalue weighted by Crippen LogP contribution is -2.59. The van der Waals surface area contributed by atoms with Gasteiger partial charge in [0.05, 0.1) is 20.9 Å². The Bertz CT molecular complexity index is 1090. The molecule has 2 amide bonds. The molecule has 3 aromatic rings. The van der Waals surface area contributed by atoms with Crippen LogP contribution in [-0.4, -0.2) is 29.4 Å². The van der Waals surface area contributed by atoms with Crippen LogP contribution in [0.1, 0.15) is 17.5 Å². The first-order chi connectivity index (χ1) is 12.8. The lowest BCUT2D eigenvalue weighted by atomic mass is 9.99. The number of hydrogen-bond acceptors (Lipinski definition) is 5. The van der Waals surface area contributed by atoms with Crippen LogP contribution >= 0.6 is 11.3 Å². The van der Waals surface area contributed by atoms with Crippen molar-refractivity contribution >= 4 is 44.7 Å². The predicted molar refractivity (Wildman–Crippen MR) is 107 cm³/mol. The molecule has 1 aromatic heterocycles. The quantitative estimate of drug-likeness (QED) is 0.688. The number of hydrogen-bond donors (Lipinski definition) is 1. The summed E-state index contributed by atoms with van der Waals surface area (Å²) in [7, 11) is 1.65. The van der Waals surface area contributed by atoms with Crippen LogP contribution in [0.3, 0.4) is 0 Å². The van der Waals surface area contributed by atoms with Crippen molar-refractivity contribution in [1.29, 1.82) is 0 Å². The molecule has 0 fully saturated rings. The van der Waals surface area contributed by atoms with E-state index in [0.29, 0.717) is 17.1 Å². The summed E-state index contributed by atoms with van der Waals surface area (Å²) in [4.78, 5) is 31.8. The maximum absolute atomic E-state index is 13.0. The van der Waals surface area contributed by atoms with Crippen molar-refractivity contribution < 1.29 is 14.3 Å². The van der Waals surface area contributed by atoms with Gasteiger partial charge in [0.2, 0.25) is 0 Å². The molecule has 0 saturated carbocycles. The van der Waals surface area contributed by atoms with Crippen LogP contribution in [0.4, 0.5) is 11.4 Å². The van der Waals surface area contributed by atoms with Crippen molar-refractivity contribution in [3.05, 3.63) is 47.0 Å². The number of nitrogens with zero attached hydrogens (tertiary/aromatic N) is 2. The number of fused-ring (bicyclic) bond motifs is 2. The molecule has 1 N–H and O–H groups in total. The Hall–Kier alpha value is -2.93. The van der Waals surface area contributed by atoms with Gasteiger partial charge in [0.15, 0.2) is 0 Å². The summed E-state index contributed by atoms with van der Waals surface area (Å²) < 4.78 is 6.85. The largest absolute Gasteiger partial charge is 0.465 e. The normalized spacial score (nSPS) is 19.0. The third kappa shape index (κ3) is 2.84. The van der Waals surface area contributed by atoms with Crippen LogP contribution in [-0.2, 0) is 9.59 Å². The fraction of sp³-hybridized carbons (Fsp3) is 0.250. The molecule has 0 spiro atoms. The summed E-state index contributed by atoms with van der Waals surface area (Å²) in [5.74, 6) is -0.409. The van der Waals surface area contributed by atoms with E-state index in [0.717, 1.165) is 20.8 Å². The van der Waals surface area contributed by atoms with E-state index in [2.05, 4.69) is 10.3 Å². The highest BCUT2D eigenvalue weighted by atomic mass is 32.1. The van der Waals surface area contributed by atoms with Gasteiger partial charge in [0, 0.05) is 12.7 Å². The summed E-state index contributed by atoms with van der Waals surface area (Å²) in [6, 6.07) is 11.0. The number of nitrogens with one attached hydrogen (secondary N) is 1. The highest BCUT2D eigenvalue weighted by Crippen LogP contribution is 2.38. The fourth-order valence-corrected chi connectivity index (χ4v) is 4.05. The molecular formula is C20H19N3O3S. The van der Waals surface area contributed by atoms with Crippen LogP contribution in [0.25, 0.3) is 10.2 Å². The first-order valence-electron chi connectivity index (χ1n) is 8.54. The number of carbonyl (C=O) groups is 2. The minimum absolute atomic E-state index is 0.409. The Morgan fingerprint density at radius 1 is 1.22 bits per heavy atom. The number of rotatable bonds is 2. The van der Waals surface area contributed by atoms with E-state index in [4.69, 9.17) is 4.74 Å². The first kappa shape index (κ1) is 17.5. The van der Waals surface area contributed by atoms with Crippen molar-refractivity contribution in [3.8, 4) is 5.75 Å². The van der Waals surface area contributed by atoms with Gasteiger partial charge in [0.1, 0.15) is 5.75 Å². The van der Waals surface area contributed by atoms with Crippen LogP contribution in [0.5, 0.6) is 5.75 Å². The number of carbonyl (C=O) groups excluding carboxylic acids is 2. The number of thiazole rings is 1. The molecule has 4 rings (SSSR count). The standard InChI is InChI=1S/C20H19N3O3S/c1-11-5-8-16-15(9-11)23(4)19(25)20(3,26-16)18(24)22-13-6-7-14-17(10-13)27-12(2)21-14/h5-10H,1-4H3,(H,22,24). The van der Waals surface area contributed by atoms with Gasteiger partial charge in [0.25, 0.3) is 17.4 Å². The zero-order chi connectivity index (χ0) is 19.3. The van der Waals surface area contributed by atoms with Gasteiger partial charge in [-0.2, -0.15) is 0 Å². The van der Waals surface area contributed by atoms with Crippen molar-refractivity contribution in [3.63, 3.8) is 0 Å². The second-order valence-electron chi connectivity index (χ2n) is 6.84. The smallest absolute Gasteiger partial charge is 0.280 e. The van der Waals surface area contributed by atoms with Crippen molar-refractivity contribution in [2.75, 3.05) is 17.3 Å². The van der Waals surface area contributed by atoms with Gasteiger partial charge < -0.3 is 15.0 Å². The van der Waals surface area contributed by atoms with Gasteiger partial charge in [-0.15, -0.1) is 11.3 Å². The maximum atomic E-state index is 13.0. The Balaban J connectivity index is 1.65. The molecule has 138 valence electrons. The van der Waals surface area contributed by atoms with Gasteiger partial charge in [-0.1, -0.05) is 6.07 Å². The zero-order valence-electron chi connectivity index (χ0n) is 15.5. The molecule has 1 atom stereocenters. The molecule has 2 heterocycles. The summed E-state index contributed by atoms with van der Waals surface area (Å²) in [5, 5.41) is 3.77. The van der Waals surface area contributed by atoms with E-state index in [1.807, 2.05) is 38.1 Å². The van der Waals surface area contributed by atoms with E-state index < -0.39 is 17.4 Å². The number of aromatic nitrogens is 1. The minimum atomic E-state index is -1.64. The fourth-order valence-electron chi connectivity index (χ4n) is 3.18. The zero-order valence-corrected chi connectivity index (χ0v) is 16.3. The van der Waals surface area contributed by atoms with E-state index in [9.17, 15) is 9.59 Å². The van der Waals surface area contributed by atoms with E-state index >= 15 is 0 Å². The van der Waals surface area contributed by atoms with Gasteiger partial charge in [-0.05, 0) is 56.7 Å². The minimum Gasteiger partial charge on any atom is -0.465 e. The highest BCUT2D eigenvalue weighted by Gasteiger charge is 2.49. The second-order valence-corrected chi connectivity index (χ2v) is 8.07. The average Bonchev–Trinajstić information content (AvgIpc) is 3.00. The molecule has 7 heteroatoms. The summed E-state index contributed by atoms with van der Waals surface area (Å²) in [6.45, 7) is 5.38. The number of ether oxygens (including phenoxy) is 1. The number of likely N-dealkylation sites (N-methyl/N-ethyl adjacent to an activating group) is 1. The maximum Gasteiger partial charge on any atom is 0.280 e. The number of benzene rings is 2. The first-order valence-corrected chi connectivity index (χ1v) is 9.36. The average molecular weight is 381 g/mol. The summed E-state index contributed by atoms with van der Waals surface area (Å²) >= 11 is 1.55. The van der Waals surface area contributed by atoms with Crippen LogP contribution in [0, 0.1) is 13.8 Å². The molecule has 27 heavy (non-hydrogen) atoms. The second kappa shape index (κ2) is 6.06. The molecule has 0 radical (unpaired) electrons. The van der Waals surface area contributed by atoms with Crippen LogP contribution in [0.2, 0.25) is 0 Å². The monoisotopic (exact) mass is 381 g/mol. The lowest BCUT2D eigenvalue weighted by Gasteiger charge is -2.38. The highest BCUT2D eigenvalue weighted by molar-refractivity contribution is 7.18. The predicted octanol–water partition coefficient (Wildman–Crippen LogP) is 3.67. The molecule has 1 aliphatic rings. The molecule has 1 aliphatic heterocycles. The molecular weight excluding hydrogens is 362 g/mol. The Morgan fingerprint density at radius 2 is 2.00 bits per heavy atom. The van der Waals surface area contributed by atoms with E-state index in [-0.39, 0.29) is 0 Å². The van der Waals surface area contributed by atoms with Crippen molar-refractivity contribution in [2.24, 2.45) is 0 Å².